The third-order valence-corrected chi connectivity index (χ3v) is 2.76. The smallest absolute Gasteiger partial charge is 0.147 e. The summed E-state index contributed by atoms with van der Waals surface area (Å²) in [5.74, 6) is -0.413. The standard InChI is InChI=1S/C10H8FN3S/c11-7-2-1-3-8(10(7)12)15-9-6-13-4-5-14-9/h1-6H,12H2. The van der Waals surface area contributed by atoms with Gasteiger partial charge in [-0.1, -0.05) is 17.8 Å². The molecule has 0 aliphatic heterocycles. The van der Waals surface area contributed by atoms with Gasteiger partial charge in [-0.25, -0.2) is 9.37 Å². The minimum atomic E-state index is -0.413. The van der Waals surface area contributed by atoms with Crippen molar-refractivity contribution in [3.63, 3.8) is 0 Å². The number of nitrogen functional groups attached to an aromatic ring is 1. The van der Waals surface area contributed by atoms with Crippen LogP contribution in [0, 0.1) is 5.82 Å². The molecule has 0 spiro atoms. The van der Waals surface area contributed by atoms with Gasteiger partial charge in [0, 0.05) is 17.3 Å². The Balaban J connectivity index is 2.29. The molecular weight excluding hydrogens is 213 g/mol. The Bertz CT molecular complexity index is 461. The number of nitrogens with zero attached hydrogens (tertiary/aromatic N) is 2. The first kappa shape index (κ1) is 9.92. The Morgan fingerprint density at radius 1 is 1.27 bits per heavy atom. The summed E-state index contributed by atoms with van der Waals surface area (Å²) in [5, 5.41) is 0.690. The first-order valence-electron chi connectivity index (χ1n) is 4.25. The fourth-order valence-corrected chi connectivity index (χ4v) is 1.86. The number of hydrogen-bond donors (Lipinski definition) is 1. The summed E-state index contributed by atoms with van der Waals surface area (Å²) in [4.78, 5) is 8.63. The summed E-state index contributed by atoms with van der Waals surface area (Å²) < 4.78 is 13.1. The molecular formula is C10H8FN3S. The molecule has 0 saturated heterocycles. The lowest BCUT2D eigenvalue weighted by Crippen LogP contribution is -1.93. The third kappa shape index (κ3) is 2.24. The lowest BCUT2D eigenvalue weighted by molar-refractivity contribution is 0.629. The van der Waals surface area contributed by atoms with Crippen molar-refractivity contribution in [3.05, 3.63) is 42.6 Å². The highest BCUT2D eigenvalue weighted by molar-refractivity contribution is 7.99. The summed E-state index contributed by atoms with van der Waals surface area (Å²) in [6, 6.07) is 4.69. The van der Waals surface area contributed by atoms with E-state index in [1.807, 2.05) is 0 Å². The van der Waals surface area contributed by atoms with Crippen LogP contribution in [0.3, 0.4) is 0 Å². The van der Waals surface area contributed by atoms with Gasteiger partial charge in [-0.15, -0.1) is 0 Å². The van der Waals surface area contributed by atoms with Gasteiger partial charge in [-0.2, -0.15) is 0 Å². The predicted octanol–water partition coefficient (Wildman–Crippen LogP) is 2.35. The van der Waals surface area contributed by atoms with Gasteiger partial charge in [0.1, 0.15) is 10.8 Å². The van der Waals surface area contributed by atoms with E-state index in [0.29, 0.717) is 9.92 Å². The maximum absolute atomic E-state index is 13.1. The van der Waals surface area contributed by atoms with E-state index in [-0.39, 0.29) is 5.69 Å². The summed E-state index contributed by atoms with van der Waals surface area (Å²) in [6.45, 7) is 0. The van der Waals surface area contributed by atoms with Crippen molar-refractivity contribution in [2.45, 2.75) is 9.92 Å². The van der Waals surface area contributed by atoms with E-state index < -0.39 is 5.82 Å². The van der Waals surface area contributed by atoms with Crippen molar-refractivity contribution in [2.24, 2.45) is 0 Å². The second-order valence-electron chi connectivity index (χ2n) is 2.80. The van der Waals surface area contributed by atoms with Crippen molar-refractivity contribution in [1.29, 1.82) is 0 Å². The number of aromatic nitrogens is 2. The van der Waals surface area contributed by atoms with Crippen LogP contribution in [0.15, 0.2) is 46.7 Å². The maximum atomic E-state index is 13.1. The van der Waals surface area contributed by atoms with Gasteiger partial charge in [0.2, 0.25) is 0 Å². The highest BCUT2D eigenvalue weighted by atomic mass is 32.2. The zero-order valence-electron chi connectivity index (χ0n) is 7.72. The van der Waals surface area contributed by atoms with Gasteiger partial charge < -0.3 is 5.73 Å². The molecule has 1 aromatic carbocycles. The first-order chi connectivity index (χ1) is 7.27. The number of hydrogen-bond acceptors (Lipinski definition) is 4. The Morgan fingerprint density at radius 3 is 2.87 bits per heavy atom. The number of para-hydroxylation sites is 1. The molecule has 0 amide bonds. The molecule has 0 atom stereocenters. The van der Waals surface area contributed by atoms with Crippen molar-refractivity contribution >= 4 is 17.4 Å². The highest BCUT2D eigenvalue weighted by Crippen LogP contribution is 2.31. The minimum Gasteiger partial charge on any atom is -0.395 e. The molecule has 1 aromatic heterocycles. The fraction of sp³-hybridized carbons (Fsp3) is 0. The number of rotatable bonds is 2. The lowest BCUT2D eigenvalue weighted by atomic mass is 10.3. The quantitative estimate of drug-likeness (QED) is 0.791. The molecule has 0 radical (unpaired) electrons. The van der Waals surface area contributed by atoms with Gasteiger partial charge in [-0.3, -0.25) is 4.98 Å². The molecule has 15 heavy (non-hydrogen) atoms. The molecule has 5 heteroatoms. The lowest BCUT2D eigenvalue weighted by Gasteiger charge is -2.04. The molecule has 0 aliphatic carbocycles. The molecule has 0 fully saturated rings. The van der Waals surface area contributed by atoms with Crippen molar-refractivity contribution < 1.29 is 4.39 Å². The van der Waals surface area contributed by atoms with Gasteiger partial charge in [0.25, 0.3) is 0 Å². The van der Waals surface area contributed by atoms with Crippen molar-refractivity contribution in [3.8, 4) is 0 Å². The SMILES string of the molecule is Nc1c(F)cccc1Sc1cnccn1. The highest BCUT2D eigenvalue weighted by Gasteiger charge is 2.06. The third-order valence-electron chi connectivity index (χ3n) is 1.77. The van der Waals surface area contributed by atoms with Crippen LogP contribution in [0.4, 0.5) is 10.1 Å². The van der Waals surface area contributed by atoms with E-state index in [1.165, 1.54) is 17.8 Å². The Kier molecular flexibility index (Phi) is 2.82. The minimum absolute atomic E-state index is 0.146. The summed E-state index contributed by atoms with van der Waals surface area (Å²) in [5.41, 5.74) is 5.73. The largest absolute Gasteiger partial charge is 0.395 e. The Morgan fingerprint density at radius 2 is 2.13 bits per heavy atom. The van der Waals surface area contributed by atoms with E-state index in [2.05, 4.69) is 9.97 Å². The zero-order chi connectivity index (χ0) is 10.7. The number of anilines is 1. The second-order valence-corrected chi connectivity index (χ2v) is 3.86. The molecule has 0 aliphatic rings. The Hall–Kier alpha value is -1.62. The molecule has 1 heterocycles. The molecule has 2 N–H and O–H groups in total. The van der Waals surface area contributed by atoms with Crippen LogP contribution >= 0.6 is 11.8 Å². The normalized spacial score (nSPS) is 10.2. The molecule has 0 bridgehead atoms. The van der Waals surface area contributed by atoms with Gasteiger partial charge in [-0.05, 0) is 12.1 Å². The van der Waals surface area contributed by atoms with E-state index in [4.69, 9.17) is 5.73 Å². The van der Waals surface area contributed by atoms with Crippen LogP contribution in [0.1, 0.15) is 0 Å². The topological polar surface area (TPSA) is 51.8 Å². The van der Waals surface area contributed by atoms with Crippen LogP contribution in [0.5, 0.6) is 0 Å². The molecule has 0 unspecified atom stereocenters. The summed E-state index contributed by atoms with van der Waals surface area (Å²) in [7, 11) is 0. The first-order valence-corrected chi connectivity index (χ1v) is 5.07. The van der Waals surface area contributed by atoms with Crippen LogP contribution in [-0.2, 0) is 0 Å². The van der Waals surface area contributed by atoms with Crippen LogP contribution in [0.2, 0.25) is 0 Å². The fourth-order valence-electron chi connectivity index (χ4n) is 1.06. The van der Waals surface area contributed by atoms with Gasteiger partial charge in [0.15, 0.2) is 0 Å². The van der Waals surface area contributed by atoms with Crippen LogP contribution in [0.25, 0.3) is 0 Å². The molecule has 76 valence electrons. The number of benzene rings is 1. The van der Waals surface area contributed by atoms with Crippen LogP contribution < -0.4 is 5.73 Å². The summed E-state index contributed by atoms with van der Waals surface area (Å²) in [6.07, 6.45) is 4.77. The monoisotopic (exact) mass is 221 g/mol. The van der Waals surface area contributed by atoms with E-state index >= 15 is 0 Å². The van der Waals surface area contributed by atoms with E-state index in [9.17, 15) is 4.39 Å². The number of nitrogens with two attached hydrogens (primary N) is 1. The van der Waals surface area contributed by atoms with E-state index in [1.54, 1.807) is 30.7 Å². The average Bonchev–Trinajstić information content (AvgIpc) is 2.26. The Labute approximate surface area is 90.6 Å². The maximum Gasteiger partial charge on any atom is 0.147 e. The van der Waals surface area contributed by atoms with Gasteiger partial charge >= 0.3 is 0 Å². The number of halogens is 1. The van der Waals surface area contributed by atoms with Gasteiger partial charge in [0.05, 0.1) is 11.9 Å². The second kappa shape index (κ2) is 4.27. The van der Waals surface area contributed by atoms with Crippen molar-refractivity contribution in [2.75, 3.05) is 5.73 Å². The predicted molar refractivity (Wildman–Crippen MR) is 57.0 cm³/mol. The van der Waals surface area contributed by atoms with Crippen LogP contribution in [-0.4, -0.2) is 9.97 Å². The molecule has 3 nitrogen and oxygen atoms in total. The van der Waals surface area contributed by atoms with E-state index in [0.717, 1.165) is 0 Å². The summed E-state index contributed by atoms with van der Waals surface area (Å²) >= 11 is 1.29. The molecule has 2 aromatic rings. The van der Waals surface area contributed by atoms with Crippen molar-refractivity contribution in [1.82, 2.24) is 9.97 Å². The molecule has 0 saturated carbocycles. The zero-order valence-corrected chi connectivity index (χ0v) is 8.54. The molecule has 2 rings (SSSR count). The average molecular weight is 221 g/mol.